The van der Waals surface area contributed by atoms with Crippen LogP contribution in [0.4, 0.5) is 10.5 Å². The number of carbonyl (C=O) groups excluding carboxylic acids is 2. The lowest BCUT2D eigenvalue weighted by Gasteiger charge is -2.14. The molecule has 1 aromatic carbocycles. The molecule has 0 radical (unpaired) electrons. The van der Waals surface area contributed by atoms with Gasteiger partial charge in [0.15, 0.2) is 0 Å². The van der Waals surface area contributed by atoms with E-state index < -0.39 is 5.97 Å². The monoisotopic (exact) mass is 338 g/mol. The number of halogens is 1. The zero-order valence-corrected chi connectivity index (χ0v) is 14.1. The molecule has 0 spiro atoms. The summed E-state index contributed by atoms with van der Waals surface area (Å²) in [4.78, 5) is 23.6. The number of urea groups is 1. The van der Waals surface area contributed by atoms with Crippen LogP contribution in [0.2, 0.25) is 0 Å². The predicted octanol–water partition coefficient (Wildman–Crippen LogP) is 3.91. The smallest absolute Gasteiger partial charge is 0.339 e. The molecule has 2 amide bonds. The summed E-state index contributed by atoms with van der Waals surface area (Å²) in [5.74, 6) is -0.469. The van der Waals surface area contributed by atoms with Gasteiger partial charge in [-0.2, -0.15) is 0 Å². The standard InChI is InChI=1S/C17H22N2O3.ClH/c1-22-16(20)14-9-5-6-10-15(14)19-17(21)18-12-11-13-7-3-2-4-8-13;/h5-7,9-10H,2-4,8,11-12H2,1H3,(H2,18,19,21);1H. The molecule has 126 valence electrons. The van der Waals surface area contributed by atoms with Gasteiger partial charge < -0.3 is 15.4 Å². The molecule has 0 fully saturated rings. The number of benzene rings is 1. The molecule has 0 aliphatic heterocycles. The van der Waals surface area contributed by atoms with Crippen molar-refractivity contribution < 1.29 is 14.3 Å². The molecule has 23 heavy (non-hydrogen) atoms. The van der Waals surface area contributed by atoms with Gasteiger partial charge in [0, 0.05) is 6.54 Å². The molecule has 0 saturated carbocycles. The molecule has 1 aliphatic rings. The van der Waals surface area contributed by atoms with E-state index in [4.69, 9.17) is 4.74 Å². The molecule has 0 bridgehead atoms. The first-order chi connectivity index (χ1) is 10.7. The predicted molar refractivity (Wildman–Crippen MR) is 93.2 cm³/mol. The van der Waals surface area contributed by atoms with Gasteiger partial charge in [0.1, 0.15) is 0 Å². The van der Waals surface area contributed by atoms with Crippen LogP contribution in [0.1, 0.15) is 42.5 Å². The van der Waals surface area contributed by atoms with Crippen LogP contribution in [0.15, 0.2) is 35.9 Å². The lowest BCUT2D eigenvalue weighted by molar-refractivity contribution is 0.0602. The maximum absolute atomic E-state index is 11.9. The number of rotatable bonds is 5. The van der Waals surface area contributed by atoms with Crippen LogP contribution in [0.3, 0.4) is 0 Å². The van der Waals surface area contributed by atoms with E-state index in [1.54, 1.807) is 24.3 Å². The van der Waals surface area contributed by atoms with Gasteiger partial charge >= 0.3 is 12.0 Å². The first kappa shape index (κ1) is 19.0. The molecule has 0 unspecified atom stereocenters. The molecule has 1 aromatic rings. The minimum absolute atomic E-state index is 0. The van der Waals surface area contributed by atoms with Crippen molar-refractivity contribution in [3.63, 3.8) is 0 Å². The Balaban J connectivity index is 0.00000264. The molecule has 0 aromatic heterocycles. The quantitative estimate of drug-likeness (QED) is 0.632. The normalized spacial score (nSPS) is 13.3. The van der Waals surface area contributed by atoms with Crippen molar-refractivity contribution in [1.82, 2.24) is 5.32 Å². The largest absolute Gasteiger partial charge is 0.465 e. The number of anilines is 1. The molecule has 0 atom stereocenters. The third kappa shape index (κ3) is 5.94. The van der Waals surface area contributed by atoms with Crippen molar-refractivity contribution >= 4 is 30.1 Å². The summed E-state index contributed by atoms with van der Waals surface area (Å²) in [7, 11) is 1.32. The Hall–Kier alpha value is -2.01. The third-order valence-corrected chi connectivity index (χ3v) is 3.70. The number of carbonyl (C=O) groups is 2. The molecular formula is C17H23ClN2O3. The fourth-order valence-corrected chi connectivity index (χ4v) is 2.51. The van der Waals surface area contributed by atoms with Crippen LogP contribution < -0.4 is 10.6 Å². The highest BCUT2D eigenvalue weighted by Crippen LogP contribution is 2.19. The highest BCUT2D eigenvalue weighted by molar-refractivity contribution is 6.00. The van der Waals surface area contributed by atoms with Gasteiger partial charge in [-0.05, 0) is 44.2 Å². The van der Waals surface area contributed by atoms with E-state index in [2.05, 4.69) is 16.7 Å². The van der Waals surface area contributed by atoms with Gasteiger partial charge in [-0.25, -0.2) is 9.59 Å². The van der Waals surface area contributed by atoms with Crippen LogP contribution in [-0.2, 0) is 4.74 Å². The van der Waals surface area contributed by atoms with Crippen molar-refractivity contribution in [2.45, 2.75) is 32.1 Å². The van der Waals surface area contributed by atoms with Gasteiger partial charge in [0.05, 0.1) is 18.4 Å². The number of ether oxygens (including phenoxy) is 1. The zero-order chi connectivity index (χ0) is 15.8. The number of hydrogen-bond acceptors (Lipinski definition) is 3. The Morgan fingerprint density at radius 3 is 2.70 bits per heavy atom. The summed E-state index contributed by atoms with van der Waals surface area (Å²) in [6.45, 7) is 0.595. The number of methoxy groups -OCH3 is 1. The van der Waals surface area contributed by atoms with Crippen LogP contribution >= 0.6 is 12.4 Å². The molecule has 5 nitrogen and oxygen atoms in total. The Labute approximate surface area is 142 Å². The van der Waals surface area contributed by atoms with Crippen molar-refractivity contribution in [3.05, 3.63) is 41.5 Å². The molecule has 2 N–H and O–H groups in total. The maximum atomic E-state index is 11.9. The lowest BCUT2D eigenvalue weighted by atomic mass is 9.97. The minimum Gasteiger partial charge on any atom is -0.465 e. The first-order valence-corrected chi connectivity index (χ1v) is 7.61. The topological polar surface area (TPSA) is 67.4 Å². The Morgan fingerprint density at radius 2 is 2.00 bits per heavy atom. The molecule has 0 heterocycles. The fraction of sp³-hybridized carbons (Fsp3) is 0.412. The second-order valence-corrected chi connectivity index (χ2v) is 5.28. The first-order valence-electron chi connectivity index (χ1n) is 7.61. The summed E-state index contributed by atoms with van der Waals surface area (Å²) < 4.78 is 4.70. The summed E-state index contributed by atoms with van der Waals surface area (Å²) in [5, 5.41) is 5.51. The number of amides is 2. The van der Waals surface area contributed by atoms with Gasteiger partial charge in [0.25, 0.3) is 0 Å². The molecule has 6 heteroatoms. The second kappa shape index (κ2) is 9.90. The van der Waals surface area contributed by atoms with E-state index in [0.717, 1.165) is 19.3 Å². The zero-order valence-electron chi connectivity index (χ0n) is 13.3. The molecule has 1 aliphatic carbocycles. The molecule has 0 saturated heterocycles. The summed E-state index contributed by atoms with van der Waals surface area (Å²) >= 11 is 0. The van der Waals surface area contributed by atoms with E-state index >= 15 is 0 Å². The lowest BCUT2D eigenvalue weighted by Crippen LogP contribution is -2.30. The van der Waals surface area contributed by atoms with E-state index in [1.165, 1.54) is 25.5 Å². The van der Waals surface area contributed by atoms with E-state index in [9.17, 15) is 9.59 Å². The van der Waals surface area contributed by atoms with E-state index in [0.29, 0.717) is 17.8 Å². The fourth-order valence-electron chi connectivity index (χ4n) is 2.51. The number of para-hydroxylation sites is 1. The summed E-state index contributed by atoms with van der Waals surface area (Å²) in [6.07, 6.45) is 7.94. The van der Waals surface area contributed by atoms with E-state index in [1.807, 2.05) is 0 Å². The van der Waals surface area contributed by atoms with Gasteiger partial charge in [-0.15, -0.1) is 12.4 Å². The Kier molecular flexibility index (Phi) is 8.19. The van der Waals surface area contributed by atoms with Gasteiger partial charge in [-0.1, -0.05) is 23.8 Å². The van der Waals surface area contributed by atoms with Crippen molar-refractivity contribution in [2.24, 2.45) is 0 Å². The molecular weight excluding hydrogens is 316 g/mol. The SMILES string of the molecule is COC(=O)c1ccccc1NC(=O)NCCC1=CCCCC1.Cl. The maximum Gasteiger partial charge on any atom is 0.339 e. The summed E-state index contributed by atoms with van der Waals surface area (Å²) in [6, 6.07) is 6.47. The Morgan fingerprint density at radius 1 is 1.22 bits per heavy atom. The van der Waals surface area contributed by atoms with Crippen molar-refractivity contribution in [3.8, 4) is 0 Å². The number of allylic oxidation sites excluding steroid dienone is 1. The third-order valence-electron chi connectivity index (χ3n) is 3.70. The molecule has 2 rings (SSSR count). The van der Waals surface area contributed by atoms with Gasteiger partial charge in [0.2, 0.25) is 0 Å². The second-order valence-electron chi connectivity index (χ2n) is 5.28. The van der Waals surface area contributed by atoms with Crippen LogP contribution in [0, 0.1) is 0 Å². The average molecular weight is 339 g/mol. The number of nitrogens with one attached hydrogen (secondary N) is 2. The summed E-state index contributed by atoms with van der Waals surface area (Å²) in [5.41, 5.74) is 2.21. The van der Waals surface area contributed by atoms with Gasteiger partial charge in [-0.3, -0.25) is 0 Å². The Bertz CT molecular complexity index is 573. The minimum atomic E-state index is -0.469. The number of hydrogen-bond donors (Lipinski definition) is 2. The highest BCUT2D eigenvalue weighted by Gasteiger charge is 2.13. The van der Waals surface area contributed by atoms with Crippen molar-refractivity contribution in [2.75, 3.05) is 19.0 Å². The number of esters is 1. The van der Waals surface area contributed by atoms with E-state index in [-0.39, 0.29) is 18.4 Å². The van der Waals surface area contributed by atoms with Crippen molar-refractivity contribution in [1.29, 1.82) is 0 Å². The van der Waals surface area contributed by atoms with Crippen LogP contribution in [-0.4, -0.2) is 25.7 Å². The van der Waals surface area contributed by atoms with Crippen LogP contribution in [0.5, 0.6) is 0 Å². The average Bonchev–Trinajstić information content (AvgIpc) is 2.55. The van der Waals surface area contributed by atoms with Crippen LogP contribution in [0.25, 0.3) is 0 Å². The highest BCUT2D eigenvalue weighted by atomic mass is 35.5.